The van der Waals surface area contributed by atoms with Crippen LogP contribution in [0.15, 0.2) is 58.9 Å². The Balaban J connectivity index is 1.82. The van der Waals surface area contributed by atoms with Gasteiger partial charge in [0.25, 0.3) is 10.0 Å². The molecule has 0 bridgehead atoms. The molecule has 2 aromatic heterocycles. The van der Waals surface area contributed by atoms with Gasteiger partial charge < -0.3 is 4.57 Å². The van der Waals surface area contributed by atoms with Crippen molar-refractivity contribution >= 4 is 21.4 Å². The van der Waals surface area contributed by atoms with Crippen molar-refractivity contribution in [2.45, 2.75) is 37.1 Å². The zero-order valence-electron chi connectivity index (χ0n) is 14.9. The predicted octanol–water partition coefficient (Wildman–Crippen LogP) is 4.21. The minimum atomic E-state index is -3.54. The van der Waals surface area contributed by atoms with Crippen molar-refractivity contribution in [3.63, 3.8) is 0 Å². The average Bonchev–Trinajstić information content (AvgIpc) is 3.31. The lowest BCUT2D eigenvalue weighted by Gasteiger charge is -2.36. The van der Waals surface area contributed by atoms with Gasteiger partial charge in [0.05, 0.1) is 6.04 Å². The van der Waals surface area contributed by atoms with Gasteiger partial charge in [-0.25, -0.2) is 8.42 Å². The van der Waals surface area contributed by atoms with Crippen LogP contribution in [0.5, 0.6) is 0 Å². The number of hydrogen-bond donors (Lipinski definition) is 0. The fourth-order valence-electron chi connectivity index (χ4n) is 3.51. The average molecular weight is 387 g/mol. The topological polar surface area (TPSA) is 42.3 Å². The maximum Gasteiger partial charge on any atom is 0.253 e. The first-order valence-electron chi connectivity index (χ1n) is 8.83. The van der Waals surface area contributed by atoms with Crippen molar-refractivity contribution in [3.8, 4) is 0 Å². The third-order valence-corrected chi connectivity index (χ3v) is 8.50. The van der Waals surface area contributed by atoms with Crippen LogP contribution in [0.1, 0.15) is 34.7 Å². The third kappa shape index (κ3) is 2.92. The van der Waals surface area contributed by atoms with Crippen molar-refractivity contribution < 1.29 is 8.42 Å². The minimum Gasteiger partial charge on any atom is -0.348 e. The minimum absolute atomic E-state index is 0.295. The first kappa shape index (κ1) is 17.5. The maximum absolute atomic E-state index is 13.4. The molecule has 0 saturated heterocycles. The Morgan fingerprint density at radius 2 is 1.85 bits per heavy atom. The molecule has 136 valence electrons. The molecule has 0 fully saturated rings. The second kappa shape index (κ2) is 6.68. The molecule has 4 rings (SSSR count). The highest BCUT2D eigenvalue weighted by Crippen LogP contribution is 2.38. The normalized spacial score (nSPS) is 18.0. The van der Waals surface area contributed by atoms with E-state index >= 15 is 0 Å². The highest BCUT2D eigenvalue weighted by Gasteiger charge is 2.38. The van der Waals surface area contributed by atoms with Crippen LogP contribution in [0.4, 0.5) is 0 Å². The number of hydrogen-bond acceptors (Lipinski definition) is 3. The molecule has 1 aliphatic rings. The summed E-state index contributed by atoms with van der Waals surface area (Å²) in [5, 5.41) is 0. The van der Waals surface area contributed by atoms with Crippen LogP contribution in [0, 0.1) is 6.92 Å². The zero-order chi connectivity index (χ0) is 18.3. The van der Waals surface area contributed by atoms with Crippen molar-refractivity contribution in [1.82, 2.24) is 8.87 Å². The number of rotatable bonds is 4. The van der Waals surface area contributed by atoms with Gasteiger partial charge in [0.2, 0.25) is 0 Å². The standard InChI is InChI=1S/C20H22N2O2S2/c1-3-17-10-11-19(25-17)26(23,24)22-14-13-21-12-4-5-18(21)20(22)16-8-6-15(2)7-9-16/h4-12,20H,3,13-14H2,1-2H3/t20-/m0/s1. The van der Waals surface area contributed by atoms with E-state index in [4.69, 9.17) is 0 Å². The van der Waals surface area contributed by atoms with Crippen molar-refractivity contribution in [2.75, 3.05) is 6.54 Å². The first-order valence-corrected chi connectivity index (χ1v) is 11.1. The Kier molecular flexibility index (Phi) is 4.50. The van der Waals surface area contributed by atoms with E-state index in [1.165, 1.54) is 16.9 Å². The molecule has 3 aromatic rings. The molecule has 1 aromatic carbocycles. The van der Waals surface area contributed by atoms with E-state index in [9.17, 15) is 8.42 Å². The van der Waals surface area contributed by atoms with Crippen molar-refractivity contribution in [2.24, 2.45) is 0 Å². The Morgan fingerprint density at radius 3 is 2.54 bits per heavy atom. The second-order valence-electron chi connectivity index (χ2n) is 6.63. The van der Waals surface area contributed by atoms with E-state index in [0.29, 0.717) is 17.3 Å². The quantitative estimate of drug-likeness (QED) is 0.674. The first-order chi connectivity index (χ1) is 12.5. The summed E-state index contributed by atoms with van der Waals surface area (Å²) in [5.41, 5.74) is 3.20. The molecular weight excluding hydrogens is 364 g/mol. The van der Waals surface area contributed by atoms with Crippen LogP contribution in [0.25, 0.3) is 0 Å². The molecule has 0 amide bonds. The number of thiophene rings is 1. The third-order valence-electron chi connectivity index (χ3n) is 4.94. The Bertz CT molecular complexity index is 1020. The molecule has 0 spiro atoms. The molecule has 0 saturated carbocycles. The molecule has 1 aliphatic heterocycles. The molecule has 0 unspecified atom stereocenters. The van der Waals surface area contributed by atoms with Crippen molar-refractivity contribution in [1.29, 1.82) is 0 Å². The van der Waals surface area contributed by atoms with Gasteiger partial charge in [-0.15, -0.1) is 11.3 Å². The highest BCUT2D eigenvalue weighted by molar-refractivity contribution is 7.91. The number of sulfonamides is 1. The molecule has 0 N–H and O–H groups in total. The number of aromatic nitrogens is 1. The lowest BCUT2D eigenvalue weighted by molar-refractivity contribution is 0.299. The molecule has 3 heterocycles. The van der Waals surface area contributed by atoms with Crippen LogP contribution in [-0.2, 0) is 23.0 Å². The predicted molar refractivity (Wildman–Crippen MR) is 105 cm³/mol. The smallest absolute Gasteiger partial charge is 0.253 e. The zero-order valence-corrected chi connectivity index (χ0v) is 16.6. The lowest BCUT2D eigenvalue weighted by atomic mass is 10.0. The molecule has 0 aliphatic carbocycles. The number of nitrogens with zero attached hydrogens (tertiary/aromatic N) is 2. The summed E-state index contributed by atoms with van der Waals surface area (Å²) >= 11 is 1.38. The van der Waals surface area contributed by atoms with Crippen LogP contribution < -0.4 is 0 Å². The van der Waals surface area contributed by atoms with Crippen LogP contribution >= 0.6 is 11.3 Å². The van der Waals surface area contributed by atoms with Gasteiger partial charge in [0.1, 0.15) is 4.21 Å². The summed E-state index contributed by atoms with van der Waals surface area (Å²) in [4.78, 5) is 1.09. The van der Waals surface area contributed by atoms with Crippen LogP contribution in [0.2, 0.25) is 0 Å². The Hall–Kier alpha value is -1.89. The maximum atomic E-state index is 13.4. The van der Waals surface area contributed by atoms with E-state index in [2.05, 4.69) is 4.57 Å². The van der Waals surface area contributed by atoms with E-state index in [1.807, 2.05) is 62.5 Å². The molecular formula is C20H22N2O2S2. The molecule has 0 radical (unpaired) electrons. The van der Waals surface area contributed by atoms with E-state index in [-0.39, 0.29) is 6.04 Å². The van der Waals surface area contributed by atoms with Gasteiger partial charge in [0.15, 0.2) is 0 Å². The molecule has 26 heavy (non-hydrogen) atoms. The van der Waals surface area contributed by atoms with Gasteiger partial charge in [-0.1, -0.05) is 36.8 Å². The molecule has 6 heteroatoms. The van der Waals surface area contributed by atoms with Crippen LogP contribution in [-0.4, -0.2) is 23.8 Å². The van der Waals surface area contributed by atoms with Gasteiger partial charge >= 0.3 is 0 Å². The van der Waals surface area contributed by atoms with Gasteiger partial charge in [0, 0.05) is 29.9 Å². The van der Waals surface area contributed by atoms with Gasteiger partial charge in [-0.3, -0.25) is 0 Å². The Labute approximate surface area is 158 Å². The fourth-order valence-corrected chi connectivity index (χ4v) is 6.51. The van der Waals surface area contributed by atoms with Crippen molar-refractivity contribution in [3.05, 3.63) is 76.4 Å². The largest absolute Gasteiger partial charge is 0.348 e. The monoisotopic (exact) mass is 386 g/mol. The molecule has 1 atom stereocenters. The second-order valence-corrected chi connectivity index (χ2v) is 9.92. The van der Waals surface area contributed by atoms with Gasteiger partial charge in [-0.2, -0.15) is 4.31 Å². The summed E-state index contributed by atoms with van der Waals surface area (Å²) in [5.74, 6) is 0. The SMILES string of the molecule is CCc1ccc(S(=O)(=O)N2CCn3cccc3[C@@H]2c2ccc(C)cc2)s1. The Morgan fingerprint density at radius 1 is 1.08 bits per heavy atom. The number of benzene rings is 1. The van der Waals surface area contributed by atoms with E-state index in [1.54, 1.807) is 10.4 Å². The summed E-state index contributed by atoms with van der Waals surface area (Å²) < 4.78 is 31.1. The number of aryl methyl sites for hydroxylation is 2. The van der Waals surface area contributed by atoms with Crippen LogP contribution in [0.3, 0.4) is 0 Å². The summed E-state index contributed by atoms with van der Waals surface area (Å²) in [6.45, 7) is 5.24. The van der Waals surface area contributed by atoms with E-state index < -0.39 is 10.0 Å². The molecule has 4 nitrogen and oxygen atoms in total. The summed E-state index contributed by atoms with van der Waals surface area (Å²) in [6.07, 6.45) is 2.88. The summed E-state index contributed by atoms with van der Waals surface area (Å²) in [7, 11) is -3.54. The highest BCUT2D eigenvalue weighted by atomic mass is 32.2. The lowest BCUT2D eigenvalue weighted by Crippen LogP contribution is -2.42. The number of fused-ring (bicyclic) bond motifs is 1. The van der Waals surface area contributed by atoms with Gasteiger partial charge in [-0.05, 0) is 43.2 Å². The fraction of sp³-hybridized carbons (Fsp3) is 0.300. The van der Waals surface area contributed by atoms with E-state index in [0.717, 1.165) is 22.6 Å². The summed E-state index contributed by atoms with van der Waals surface area (Å²) in [6, 6.07) is 15.6.